The van der Waals surface area contributed by atoms with E-state index in [1.807, 2.05) is 38.1 Å². The predicted molar refractivity (Wildman–Crippen MR) is 102 cm³/mol. The zero-order valence-electron chi connectivity index (χ0n) is 14.3. The van der Waals surface area contributed by atoms with Crippen molar-refractivity contribution in [3.05, 3.63) is 44.8 Å². The Morgan fingerprint density at radius 3 is 2.80 bits per heavy atom. The van der Waals surface area contributed by atoms with Crippen molar-refractivity contribution >= 4 is 45.0 Å². The fourth-order valence-corrected chi connectivity index (χ4v) is 3.24. The Morgan fingerprint density at radius 2 is 2.16 bits per heavy atom. The highest BCUT2D eigenvalue weighted by Gasteiger charge is 2.20. The Bertz CT molecular complexity index is 748. The average Bonchev–Trinajstić information content (AvgIpc) is 3.01. The molecule has 2 aromatic rings. The van der Waals surface area contributed by atoms with Crippen LogP contribution in [-0.2, 0) is 11.3 Å². The minimum Gasteiger partial charge on any atom is -0.461 e. The number of carbonyl (C=O) groups is 2. The summed E-state index contributed by atoms with van der Waals surface area (Å²) in [5, 5.41) is 5.21. The summed E-state index contributed by atoms with van der Waals surface area (Å²) in [6, 6.07) is 7.15. The third kappa shape index (κ3) is 5.54. The molecule has 0 aliphatic carbocycles. The van der Waals surface area contributed by atoms with Gasteiger partial charge >= 0.3 is 12.0 Å². The number of esters is 1. The van der Waals surface area contributed by atoms with Crippen LogP contribution in [0, 0.1) is 0 Å². The fraction of sp³-hybridized carbons (Fsp3) is 0.353. The van der Waals surface area contributed by atoms with Gasteiger partial charge in [-0.25, -0.2) is 14.6 Å². The minimum absolute atomic E-state index is 0.0258. The number of benzene rings is 1. The summed E-state index contributed by atoms with van der Waals surface area (Å²) in [6.07, 6.45) is 0. The Morgan fingerprint density at radius 1 is 1.40 bits per heavy atom. The lowest BCUT2D eigenvalue weighted by molar-refractivity contribution is 0.0520. The number of anilines is 1. The zero-order valence-corrected chi connectivity index (χ0v) is 16.7. The van der Waals surface area contributed by atoms with Gasteiger partial charge in [-0.05, 0) is 39.0 Å². The summed E-state index contributed by atoms with van der Waals surface area (Å²) >= 11 is 4.72. The Balaban J connectivity index is 2.07. The maximum absolute atomic E-state index is 12.6. The SMILES string of the molecule is CCOC(=O)c1csc(CN(C(=O)Nc2cccc(Br)c2)C(C)C)n1. The van der Waals surface area contributed by atoms with Crippen LogP contribution in [-0.4, -0.2) is 34.5 Å². The van der Waals surface area contributed by atoms with Crippen LogP contribution in [0.5, 0.6) is 0 Å². The highest BCUT2D eigenvalue weighted by atomic mass is 79.9. The number of carbonyl (C=O) groups excluding carboxylic acids is 2. The van der Waals surface area contributed by atoms with E-state index in [-0.39, 0.29) is 17.8 Å². The lowest BCUT2D eigenvalue weighted by atomic mass is 10.3. The van der Waals surface area contributed by atoms with E-state index in [1.54, 1.807) is 17.2 Å². The van der Waals surface area contributed by atoms with E-state index in [2.05, 4.69) is 26.2 Å². The first kappa shape index (κ1) is 19.4. The number of hydrogen-bond donors (Lipinski definition) is 1. The molecule has 0 fully saturated rings. The molecule has 6 nitrogen and oxygen atoms in total. The molecule has 2 rings (SSSR count). The van der Waals surface area contributed by atoms with Crippen LogP contribution in [0.3, 0.4) is 0 Å². The molecule has 0 saturated carbocycles. The van der Waals surface area contributed by atoms with Crippen molar-refractivity contribution in [2.24, 2.45) is 0 Å². The molecule has 1 heterocycles. The number of amides is 2. The van der Waals surface area contributed by atoms with Gasteiger partial charge in [0.15, 0.2) is 5.69 Å². The number of hydrogen-bond acceptors (Lipinski definition) is 5. The van der Waals surface area contributed by atoms with Crippen molar-refractivity contribution in [1.29, 1.82) is 0 Å². The number of nitrogens with zero attached hydrogens (tertiary/aromatic N) is 2. The fourth-order valence-electron chi connectivity index (χ4n) is 2.08. The van der Waals surface area contributed by atoms with Crippen molar-refractivity contribution in [3.63, 3.8) is 0 Å². The van der Waals surface area contributed by atoms with Crippen LogP contribution in [0.2, 0.25) is 0 Å². The van der Waals surface area contributed by atoms with Gasteiger partial charge < -0.3 is 15.0 Å². The van der Waals surface area contributed by atoms with E-state index in [4.69, 9.17) is 4.74 Å². The topological polar surface area (TPSA) is 71.5 Å². The maximum atomic E-state index is 12.6. The van der Waals surface area contributed by atoms with E-state index in [0.29, 0.717) is 23.8 Å². The van der Waals surface area contributed by atoms with E-state index in [0.717, 1.165) is 4.47 Å². The normalized spacial score (nSPS) is 10.6. The molecule has 0 saturated heterocycles. The zero-order chi connectivity index (χ0) is 18.4. The number of halogens is 1. The summed E-state index contributed by atoms with van der Waals surface area (Å²) in [6.45, 7) is 6.24. The van der Waals surface area contributed by atoms with Crippen molar-refractivity contribution < 1.29 is 14.3 Å². The second-order valence-corrected chi connectivity index (χ2v) is 7.37. The first-order chi connectivity index (χ1) is 11.9. The van der Waals surface area contributed by atoms with Gasteiger partial charge in [0.1, 0.15) is 5.01 Å². The third-order valence-electron chi connectivity index (χ3n) is 3.30. The summed E-state index contributed by atoms with van der Waals surface area (Å²) in [5.41, 5.74) is 0.981. The lowest BCUT2D eigenvalue weighted by Crippen LogP contribution is -2.39. The molecule has 0 aliphatic rings. The molecular weight excluding hydrogens is 406 g/mol. The molecular formula is C17H20BrN3O3S. The molecule has 25 heavy (non-hydrogen) atoms. The summed E-state index contributed by atoms with van der Waals surface area (Å²) < 4.78 is 5.83. The van der Waals surface area contributed by atoms with Crippen LogP contribution in [0.1, 0.15) is 36.3 Å². The molecule has 0 aliphatic heterocycles. The van der Waals surface area contributed by atoms with Gasteiger partial charge in [0.05, 0.1) is 13.2 Å². The molecule has 1 aromatic carbocycles. The standard InChI is InChI=1S/C17H20BrN3O3S/c1-4-24-16(22)14-10-25-15(20-14)9-21(11(2)3)17(23)19-13-7-5-6-12(18)8-13/h5-8,10-11H,4,9H2,1-3H3,(H,19,23). The quantitative estimate of drug-likeness (QED) is 0.690. The molecule has 1 N–H and O–H groups in total. The maximum Gasteiger partial charge on any atom is 0.357 e. The Hall–Kier alpha value is -1.93. The smallest absolute Gasteiger partial charge is 0.357 e. The van der Waals surface area contributed by atoms with Crippen LogP contribution in [0.4, 0.5) is 10.5 Å². The third-order valence-corrected chi connectivity index (χ3v) is 4.63. The van der Waals surface area contributed by atoms with Gasteiger partial charge in [0, 0.05) is 21.6 Å². The average molecular weight is 426 g/mol. The number of rotatable bonds is 6. The van der Waals surface area contributed by atoms with Crippen molar-refractivity contribution in [2.45, 2.75) is 33.4 Å². The molecule has 0 bridgehead atoms. The first-order valence-electron chi connectivity index (χ1n) is 7.85. The molecule has 2 amide bonds. The van der Waals surface area contributed by atoms with Crippen LogP contribution < -0.4 is 5.32 Å². The molecule has 134 valence electrons. The lowest BCUT2D eigenvalue weighted by Gasteiger charge is -2.26. The van der Waals surface area contributed by atoms with E-state index in [1.165, 1.54) is 11.3 Å². The molecule has 1 aromatic heterocycles. The van der Waals surface area contributed by atoms with Gasteiger partial charge in [-0.3, -0.25) is 0 Å². The van der Waals surface area contributed by atoms with Gasteiger partial charge in [-0.1, -0.05) is 22.0 Å². The highest BCUT2D eigenvalue weighted by molar-refractivity contribution is 9.10. The molecule has 0 atom stereocenters. The van der Waals surface area contributed by atoms with Crippen LogP contribution in [0.15, 0.2) is 34.1 Å². The van der Waals surface area contributed by atoms with Crippen molar-refractivity contribution in [1.82, 2.24) is 9.88 Å². The molecule has 0 radical (unpaired) electrons. The largest absolute Gasteiger partial charge is 0.461 e. The van der Waals surface area contributed by atoms with Gasteiger partial charge in [-0.15, -0.1) is 11.3 Å². The number of ether oxygens (including phenoxy) is 1. The van der Waals surface area contributed by atoms with E-state index < -0.39 is 5.97 Å². The second-order valence-electron chi connectivity index (χ2n) is 5.51. The molecule has 8 heteroatoms. The van der Waals surface area contributed by atoms with Gasteiger partial charge in [-0.2, -0.15) is 0 Å². The summed E-state index contributed by atoms with van der Waals surface area (Å²) in [7, 11) is 0. The van der Waals surface area contributed by atoms with Crippen LogP contribution in [0.25, 0.3) is 0 Å². The number of urea groups is 1. The van der Waals surface area contributed by atoms with Crippen molar-refractivity contribution in [2.75, 3.05) is 11.9 Å². The number of nitrogens with one attached hydrogen (secondary N) is 1. The molecule has 0 spiro atoms. The van der Waals surface area contributed by atoms with Gasteiger partial charge in [0.25, 0.3) is 0 Å². The predicted octanol–water partition coefficient (Wildman–Crippen LogP) is 4.52. The van der Waals surface area contributed by atoms with E-state index in [9.17, 15) is 9.59 Å². The number of thiazole rings is 1. The van der Waals surface area contributed by atoms with Crippen molar-refractivity contribution in [3.8, 4) is 0 Å². The first-order valence-corrected chi connectivity index (χ1v) is 9.52. The summed E-state index contributed by atoms with van der Waals surface area (Å²) in [5.74, 6) is -0.445. The molecule has 0 unspecified atom stereocenters. The highest BCUT2D eigenvalue weighted by Crippen LogP contribution is 2.19. The van der Waals surface area contributed by atoms with Gasteiger partial charge in [0.2, 0.25) is 0 Å². The Kier molecular flexibility index (Phi) is 6.95. The van der Waals surface area contributed by atoms with Crippen LogP contribution >= 0.6 is 27.3 Å². The second kappa shape index (κ2) is 8.96. The number of aromatic nitrogens is 1. The van der Waals surface area contributed by atoms with E-state index >= 15 is 0 Å². The monoisotopic (exact) mass is 425 g/mol. The summed E-state index contributed by atoms with van der Waals surface area (Å²) in [4.78, 5) is 30.2. The Labute approximate surface area is 159 Å². The minimum atomic E-state index is -0.445.